The molecule has 3 rings (SSSR count). The summed E-state index contributed by atoms with van der Waals surface area (Å²) in [5.41, 5.74) is 0. The van der Waals surface area contributed by atoms with Gasteiger partial charge in [-0.05, 0) is 37.8 Å². The van der Waals surface area contributed by atoms with E-state index in [0.29, 0.717) is 11.9 Å². The summed E-state index contributed by atoms with van der Waals surface area (Å²) in [7, 11) is 0. The highest BCUT2D eigenvalue weighted by Crippen LogP contribution is 2.27. The molecule has 19 heavy (non-hydrogen) atoms. The van der Waals surface area contributed by atoms with Crippen molar-refractivity contribution in [3.8, 4) is 0 Å². The smallest absolute Gasteiger partial charge is 0.228 e. The van der Waals surface area contributed by atoms with Gasteiger partial charge >= 0.3 is 0 Å². The number of nitrogens with one attached hydrogen (secondary N) is 2. The van der Waals surface area contributed by atoms with Crippen LogP contribution >= 0.6 is 0 Å². The first-order chi connectivity index (χ1) is 9.31. The Balaban J connectivity index is 1.54. The zero-order chi connectivity index (χ0) is 13.1. The van der Waals surface area contributed by atoms with Crippen LogP contribution in [0.1, 0.15) is 44.9 Å². The second kappa shape index (κ2) is 5.55. The van der Waals surface area contributed by atoms with Gasteiger partial charge in [0.15, 0.2) is 5.82 Å². The normalized spacial score (nSPS) is 20.0. The Morgan fingerprint density at radius 3 is 2.26 bits per heavy atom. The molecule has 102 valence electrons. The lowest BCUT2D eigenvalue weighted by molar-refractivity contribution is -0.122. The van der Waals surface area contributed by atoms with E-state index in [4.69, 9.17) is 0 Å². The number of nitrogens with zero attached hydrogens (tertiary/aromatic N) is 2. The van der Waals surface area contributed by atoms with Crippen LogP contribution in [0.2, 0.25) is 0 Å². The van der Waals surface area contributed by atoms with Crippen molar-refractivity contribution in [2.75, 3.05) is 10.6 Å². The minimum absolute atomic E-state index is 0.0806. The lowest BCUT2D eigenvalue weighted by atomic mass is 9.85. The van der Waals surface area contributed by atoms with Crippen molar-refractivity contribution in [2.45, 2.75) is 51.0 Å². The molecule has 0 radical (unpaired) electrons. The minimum atomic E-state index is 0.0806. The fourth-order valence-electron chi connectivity index (χ4n) is 2.65. The lowest BCUT2D eigenvalue weighted by Gasteiger charge is -2.23. The van der Waals surface area contributed by atoms with Gasteiger partial charge in [0, 0.05) is 12.0 Å². The monoisotopic (exact) mass is 260 g/mol. The summed E-state index contributed by atoms with van der Waals surface area (Å²) >= 11 is 0. The summed E-state index contributed by atoms with van der Waals surface area (Å²) in [6, 6.07) is 4.24. The van der Waals surface area contributed by atoms with Crippen LogP contribution < -0.4 is 10.6 Å². The second-order valence-electron chi connectivity index (χ2n) is 5.55. The average molecular weight is 260 g/mol. The molecule has 5 nitrogen and oxygen atoms in total. The fourth-order valence-corrected chi connectivity index (χ4v) is 2.65. The Hall–Kier alpha value is -1.65. The molecule has 0 bridgehead atoms. The highest BCUT2D eigenvalue weighted by atomic mass is 16.2. The van der Waals surface area contributed by atoms with Gasteiger partial charge < -0.3 is 10.6 Å². The lowest BCUT2D eigenvalue weighted by Crippen LogP contribution is -2.28. The van der Waals surface area contributed by atoms with Crippen LogP contribution in [0.3, 0.4) is 0 Å². The van der Waals surface area contributed by atoms with Crippen molar-refractivity contribution in [2.24, 2.45) is 5.92 Å². The number of aromatic nitrogens is 2. The molecule has 1 aromatic heterocycles. The number of carbonyl (C=O) groups excluding carboxylic acids is 1. The highest BCUT2D eigenvalue weighted by Gasteiger charge is 2.25. The van der Waals surface area contributed by atoms with Crippen LogP contribution in [0, 0.1) is 5.92 Å². The number of hydrogen-bond acceptors (Lipinski definition) is 4. The summed E-state index contributed by atoms with van der Waals surface area (Å²) < 4.78 is 0. The van der Waals surface area contributed by atoms with E-state index in [0.717, 1.165) is 25.1 Å². The maximum absolute atomic E-state index is 11.8. The zero-order valence-electron chi connectivity index (χ0n) is 11.1. The molecule has 0 aliphatic heterocycles. The van der Waals surface area contributed by atoms with E-state index in [1.807, 2.05) is 12.1 Å². The third-order valence-corrected chi connectivity index (χ3v) is 4.10. The van der Waals surface area contributed by atoms with Gasteiger partial charge in [0.05, 0.1) is 0 Å². The van der Waals surface area contributed by atoms with E-state index in [2.05, 4.69) is 20.8 Å². The summed E-state index contributed by atoms with van der Waals surface area (Å²) in [5, 5.41) is 14.4. The van der Waals surface area contributed by atoms with Crippen LogP contribution in [0.4, 0.5) is 11.6 Å². The van der Waals surface area contributed by atoms with E-state index in [1.54, 1.807) is 0 Å². The van der Waals surface area contributed by atoms with Crippen molar-refractivity contribution in [3.63, 3.8) is 0 Å². The van der Waals surface area contributed by atoms with Crippen molar-refractivity contribution < 1.29 is 4.79 Å². The largest absolute Gasteiger partial charge is 0.366 e. The Morgan fingerprint density at radius 2 is 1.68 bits per heavy atom. The molecular formula is C14H20N4O. The van der Waals surface area contributed by atoms with Crippen LogP contribution in [-0.2, 0) is 4.79 Å². The van der Waals surface area contributed by atoms with Crippen LogP contribution in [0.25, 0.3) is 0 Å². The maximum atomic E-state index is 11.8. The Bertz CT molecular complexity index is 435. The number of anilines is 2. The Kier molecular flexibility index (Phi) is 3.62. The third kappa shape index (κ3) is 3.03. The molecule has 0 saturated heterocycles. The van der Waals surface area contributed by atoms with Gasteiger partial charge in [-0.3, -0.25) is 4.79 Å². The standard InChI is InChI=1S/C14H20N4O/c19-14(10-4-3-5-10)16-13-9-8-12(17-18-13)15-11-6-1-2-7-11/h8-11H,1-7H2,(H,15,17)(H,16,18,19). The molecule has 1 amide bonds. The average Bonchev–Trinajstić information content (AvgIpc) is 2.82. The zero-order valence-corrected chi connectivity index (χ0v) is 11.1. The van der Waals surface area contributed by atoms with Crippen LogP contribution in [0.5, 0.6) is 0 Å². The first-order valence-electron chi connectivity index (χ1n) is 7.22. The topological polar surface area (TPSA) is 66.9 Å². The van der Waals surface area contributed by atoms with Crippen molar-refractivity contribution >= 4 is 17.5 Å². The molecule has 2 saturated carbocycles. The molecular weight excluding hydrogens is 240 g/mol. The SMILES string of the molecule is O=C(Nc1ccc(NC2CCCC2)nn1)C1CCC1. The van der Waals surface area contributed by atoms with Gasteiger partial charge in [0.2, 0.25) is 5.91 Å². The molecule has 0 atom stereocenters. The second-order valence-corrected chi connectivity index (χ2v) is 5.55. The first kappa shape index (κ1) is 12.4. The van der Waals surface area contributed by atoms with Crippen molar-refractivity contribution in [3.05, 3.63) is 12.1 Å². The first-order valence-corrected chi connectivity index (χ1v) is 7.22. The van der Waals surface area contributed by atoms with E-state index in [9.17, 15) is 4.79 Å². The molecule has 1 heterocycles. The minimum Gasteiger partial charge on any atom is -0.366 e. The molecule has 0 aromatic carbocycles. The van der Waals surface area contributed by atoms with Gasteiger partial charge in [-0.25, -0.2) is 0 Å². The van der Waals surface area contributed by atoms with Crippen LogP contribution in [0.15, 0.2) is 12.1 Å². The van der Waals surface area contributed by atoms with Gasteiger partial charge in [-0.2, -0.15) is 0 Å². The van der Waals surface area contributed by atoms with E-state index >= 15 is 0 Å². The fraction of sp³-hybridized carbons (Fsp3) is 0.643. The van der Waals surface area contributed by atoms with Gasteiger partial charge in [0.25, 0.3) is 0 Å². The Morgan fingerprint density at radius 1 is 1.00 bits per heavy atom. The summed E-state index contributed by atoms with van der Waals surface area (Å²) in [5.74, 6) is 1.61. The number of amides is 1. The van der Waals surface area contributed by atoms with E-state index in [-0.39, 0.29) is 11.8 Å². The predicted octanol–water partition coefficient (Wildman–Crippen LogP) is 2.57. The molecule has 1 aromatic rings. The molecule has 2 aliphatic carbocycles. The van der Waals surface area contributed by atoms with E-state index < -0.39 is 0 Å². The van der Waals surface area contributed by atoms with Crippen molar-refractivity contribution in [1.82, 2.24) is 10.2 Å². The number of hydrogen-bond donors (Lipinski definition) is 2. The molecule has 2 fully saturated rings. The molecule has 2 aliphatic rings. The number of carbonyl (C=O) groups is 1. The molecule has 0 unspecified atom stereocenters. The van der Waals surface area contributed by atoms with Gasteiger partial charge in [-0.1, -0.05) is 19.3 Å². The van der Waals surface area contributed by atoms with Gasteiger partial charge in [-0.15, -0.1) is 10.2 Å². The van der Waals surface area contributed by atoms with Gasteiger partial charge in [0.1, 0.15) is 5.82 Å². The molecule has 5 heteroatoms. The quantitative estimate of drug-likeness (QED) is 0.873. The Labute approximate surface area is 113 Å². The summed E-state index contributed by atoms with van der Waals surface area (Å²) in [4.78, 5) is 11.8. The van der Waals surface area contributed by atoms with Crippen molar-refractivity contribution in [1.29, 1.82) is 0 Å². The molecule has 0 spiro atoms. The predicted molar refractivity (Wildman–Crippen MR) is 73.9 cm³/mol. The summed E-state index contributed by atoms with van der Waals surface area (Å²) in [6.45, 7) is 0. The van der Waals surface area contributed by atoms with E-state index in [1.165, 1.54) is 25.7 Å². The maximum Gasteiger partial charge on any atom is 0.228 e. The third-order valence-electron chi connectivity index (χ3n) is 4.10. The number of rotatable bonds is 4. The summed E-state index contributed by atoms with van der Waals surface area (Å²) in [6.07, 6.45) is 8.17. The highest BCUT2D eigenvalue weighted by molar-refractivity contribution is 5.92. The molecule has 2 N–H and O–H groups in total. The van der Waals surface area contributed by atoms with Crippen LogP contribution in [-0.4, -0.2) is 22.1 Å².